The second kappa shape index (κ2) is 6.82. The molecule has 1 atom stereocenters. The summed E-state index contributed by atoms with van der Waals surface area (Å²) in [4.78, 5) is 22.4. The highest BCUT2D eigenvalue weighted by Crippen LogP contribution is 2.09. The molecule has 0 fully saturated rings. The van der Waals surface area contributed by atoms with Gasteiger partial charge in [-0.2, -0.15) is 0 Å². The van der Waals surface area contributed by atoms with Gasteiger partial charge in [0, 0.05) is 18.1 Å². The first-order valence-electron chi connectivity index (χ1n) is 5.10. The number of esters is 2. The molecular weight excluding hydrogens is 208 g/mol. The molecule has 0 aliphatic rings. The molecule has 0 N–H and O–H groups in total. The molecule has 0 saturated heterocycles. The molecule has 0 spiro atoms. The zero-order chi connectivity index (χ0) is 12.7. The van der Waals surface area contributed by atoms with Crippen LogP contribution >= 0.6 is 0 Å². The average molecular weight is 226 g/mol. The summed E-state index contributed by atoms with van der Waals surface area (Å²) < 4.78 is 9.83. The Bertz CT molecular complexity index is 311. The Morgan fingerprint density at radius 3 is 2.19 bits per heavy atom. The maximum Gasteiger partial charge on any atom is 0.336 e. The first kappa shape index (κ1) is 14.4. The summed E-state index contributed by atoms with van der Waals surface area (Å²) in [6, 6.07) is 0. The standard InChI is InChI=1S/C12H18O4/c1-6-10(13)15-11(7-2)16-12(14)9(5)8(3)4/h6,11H,1,7H2,2-5H3. The summed E-state index contributed by atoms with van der Waals surface area (Å²) >= 11 is 0. The quantitative estimate of drug-likeness (QED) is 0.410. The Morgan fingerprint density at radius 2 is 1.81 bits per heavy atom. The molecular formula is C12H18O4. The van der Waals surface area contributed by atoms with Gasteiger partial charge in [-0.15, -0.1) is 0 Å². The van der Waals surface area contributed by atoms with Gasteiger partial charge in [-0.25, -0.2) is 9.59 Å². The molecule has 0 bridgehead atoms. The minimum atomic E-state index is -0.854. The van der Waals surface area contributed by atoms with Crippen molar-refractivity contribution in [1.29, 1.82) is 0 Å². The normalized spacial score (nSPS) is 11.2. The van der Waals surface area contributed by atoms with Crippen molar-refractivity contribution in [2.45, 2.75) is 40.4 Å². The molecule has 0 heterocycles. The molecule has 4 heteroatoms. The van der Waals surface area contributed by atoms with Gasteiger partial charge in [-0.3, -0.25) is 0 Å². The van der Waals surface area contributed by atoms with Crippen molar-refractivity contribution in [2.24, 2.45) is 0 Å². The van der Waals surface area contributed by atoms with Crippen LogP contribution < -0.4 is 0 Å². The van der Waals surface area contributed by atoms with Crippen LogP contribution in [0.15, 0.2) is 23.8 Å². The van der Waals surface area contributed by atoms with Crippen LogP contribution in [0.1, 0.15) is 34.1 Å². The molecule has 0 rings (SSSR count). The SMILES string of the molecule is C=CC(=O)OC(CC)OC(=O)C(C)=C(C)C. The lowest BCUT2D eigenvalue weighted by Crippen LogP contribution is -2.23. The summed E-state index contributed by atoms with van der Waals surface area (Å²) in [5, 5.41) is 0. The zero-order valence-corrected chi connectivity index (χ0v) is 10.2. The Hall–Kier alpha value is -1.58. The highest BCUT2D eigenvalue weighted by Gasteiger charge is 2.17. The van der Waals surface area contributed by atoms with E-state index in [2.05, 4.69) is 6.58 Å². The van der Waals surface area contributed by atoms with Gasteiger partial charge in [0.2, 0.25) is 6.29 Å². The van der Waals surface area contributed by atoms with Crippen LogP contribution in [0.25, 0.3) is 0 Å². The van der Waals surface area contributed by atoms with Gasteiger partial charge < -0.3 is 9.47 Å². The molecule has 0 saturated carbocycles. The van der Waals surface area contributed by atoms with Crippen molar-refractivity contribution in [3.05, 3.63) is 23.8 Å². The molecule has 90 valence electrons. The molecule has 0 radical (unpaired) electrons. The van der Waals surface area contributed by atoms with Gasteiger partial charge in [0.15, 0.2) is 0 Å². The number of hydrogen-bond acceptors (Lipinski definition) is 4. The summed E-state index contributed by atoms with van der Waals surface area (Å²) in [5.74, 6) is -1.07. The van der Waals surface area contributed by atoms with E-state index in [-0.39, 0.29) is 0 Å². The van der Waals surface area contributed by atoms with E-state index in [0.717, 1.165) is 11.6 Å². The number of rotatable bonds is 5. The van der Waals surface area contributed by atoms with Gasteiger partial charge in [0.1, 0.15) is 0 Å². The monoisotopic (exact) mass is 226 g/mol. The van der Waals surface area contributed by atoms with Crippen molar-refractivity contribution in [3.8, 4) is 0 Å². The Labute approximate surface area is 95.9 Å². The maximum atomic E-state index is 11.5. The van der Waals surface area contributed by atoms with E-state index >= 15 is 0 Å². The third kappa shape index (κ3) is 4.77. The van der Waals surface area contributed by atoms with Gasteiger partial charge in [0.25, 0.3) is 0 Å². The van der Waals surface area contributed by atoms with Crippen molar-refractivity contribution in [1.82, 2.24) is 0 Å². The van der Waals surface area contributed by atoms with Crippen LogP contribution in [0, 0.1) is 0 Å². The van der Waals surface area contributed by atoms with Gasteiger partial charge in [0.05, 0.1) is 0 Å². The summed E-state index contributed by atoms with van der Waals surface area (Å²) in [7, 11) is 0. The van der Waals surface area contributed by atoms with E-state index in [1.54, 1.807) is 13.8 Å². The lowest BCUT2D eigenvalue weighted by atomic mass is 10.2. The zero-order valence-electron chi connectivity index (χ0n) is 10.2. The molecule has 0 aromatic rings. The summed E-state index contributed by atoms with van der Waals surface area (Å²) in [6.07, 6.45) is 0.582. The van der Waals surface area contributed by atoms with E-state index in [9.17, 15) is 9.59 Å². The largest absolute Gasteiger partial charge is 0.422 e. The van der Waals surface area contributed by atoms with Crippen molar-refractivity contribution in [2.75, 3.05) is 0 Å². The van der Waals surface area contributed by atoms with E-state index < -0.39 is 18.2 Å². The molecule has 1 unspecified atom stereocenters. The van der Waals surface area contributed by atoms with E-state index in [1.165, 1.54) is 0 Å². The van der Waals surface area contributed by atoms with E-state index in [1.807, 2.05) is 13.8 Å². The number of ether oxygens (including phenoxy) is 2. The highest BCUT2D eigenvalue weighted by atomic mass is 16.7. The predicted molar refractivity (Wildman–Crippen MR) is 60.5 cm³/mol. The predicted octanol–water partition coefficient (Wildman–Crippen LogP) is 2.35. The molecule has 0 amide bonds. The van der Waals surface area contributed by atoms with Crippen LogP contribution in [-0.4, -0.2) is 18.2 Å². The summed E-state index contributed by atoms with van der Waals surface area (Å²) in [6.45, 7) is 10.3. The Morgan fingerprint density at radius 1 is 1.25 bits per heavy atom. The Balaban J connectivity index is 4.45. The van der Waals surface area contributed by atoms with Crippen LogP contribution in [-0.2, 0) is 19.1 Å². The maximum absolute atomic E-state index is 11.5. The molecule has 0 aliphatic heterocycles. The van der Waals surface area contributed by atoms with E-state index in [0.29, 0.717) is 12.0 Å². The average Bonchev–Trinajstić information content (AvgIpc) is 2.26. The van der Waals surface area contributed by atoms with Gasteiger partial charge in [-0.05, 0) is 20.8 Å². The number of hydrogen-bond donors (Lipinski definition) is 0. The van der Waals surface area contributed by atoms with Crippen LogP contribution in [0.5, 0.6) is 0 Å². The van der Waals surface area contributed by atoms with Gasteiger partial charge in [-0.1, -0.05) is 19.1 Å². The lowest BCUT2D eigenvalue weighted by molar-refractivity contribution is -0.181. The number of carbonyl (C=O) groups is 2. The highest BCUT2D eigenvalue weighted by molar-refractivity contribution is 5.88. The topological polar surface area (TPSA) is 52.6 Å². The second-order valence-corrected chi connectivity index (χ2v) is 3.51. The van der Waals surface area contributed by atoms with Crippen LogP contribution in [0.4, 0.5) is 0 Å². The summed E-state index contributed by atoms with van der Waals surface area (Å²) in [5.41, 5.74) is 1.39. The van der Waals surface area contributed by atoms with Gasteiger partial charge >= 0.3 is 11.9 Å². The third-order valence-electron chi connectivity index (χ3n) is 2.04. The Kier molecular flexibility index (Phi) is 6.15. The molecule has 4 nitrogen and oxygen atoms in total. The molecule has 0 aliphatic carbocycles. The van der Waals surface area contributed by atoms with Crippen LogP contribution in [0.3, 0.4) is 0 Å². The fourth-order valence-corrected chi connectivity index (χ4v) is 0.780. The van der Waals surface area contributed by atoms with Crippen molar-refractivity contribution >= 4 is 11.9 Å². The molecule has 16 heavy (non-hydrogen) atoms. The smallest absolute Gasteiger partial charge is 0.336 e. The van der Waals surface area contributed by atoms with Crippen molar-refractivity contribution < 1.29 is 19.1 Å². The minimum absolute atomic E-state index is 0.404. The minimum Gasteiger partial charge on any atom is -0.422 e. The van der Waals surface area contributed by atoms with E-state index in [4.69, 9.17) is 9.47 Å². The first-order valence-corrected chi connectivity index (χ1v) is 5.10. The lowest BCUT2D eigenvalue weighted by Gasteiger charge is -2.16. The second-order valence-electron chi connectivity index (χ2n) is 3.51. The fourth-order valence-electron chi connectivity index (χ4n) is 0.780. The van der Waals surface area contributed by atoms with Crippen molar-refractivity contribution in [3.63, 3.8) is 0 Å². The third-order valence-corrected chi connectivity index (χ3v) is 2.04. The molecule has 0 aromatic heterocycles. The molecule has 0 aromatic carbocycles. The number of carbonyl (C=O) groups excluding carboxylic acids is 2. The number of allylic oxidation sites excluding steroid dienone is 1. The van der Waals surface area contributed by atoms with Crippen LogP contribution in [0.2, 0.25) is 0 Å². The fraction of sp³-hybridized carbons (Fsp3) is 0.500. The first-order chi connectivity index (χ1) is 7.42.